The average molecular weight is 450 g/mol. The number of H-pyrrole nitrogens is 1. The van der Waals surface area contributed by atoms with E-state index in [4.69, 9.17) is 25.8 Å². The van der Waals surface area contributed by atoms with Crippen LogP contribution in [0.4, 0.5) is 0 Å². The fourth-order valence-electron chi connectivity index (χ4n) is 3.32. The summed E-state index contributed by atoms with van der Waals surface area (Å²) >= 11 is 6.14. The zero-order valence-corrected chi connectivity index (χ0v) is 17.3. The highest BCUT2D eigenvalue weighted by Gasteiger charge is 2.14. The van der Waals surface area contributed by atoms with Crippen LogP contribution in [0.2, 0.25) is 5.02 Å². The van der Waals surface area contributed by atoms with Crippen molar-refractivity contribution in [2.24, 2.45) is 5.10 Å². The molecule has 0 spiro atoms. The Hall–Kier alpha value is -4.04. The maximum Gasteiger partial charge on any atom is 0.349 e. The molecule has 3 aromatic carbocycles. The van der Waals surface area contributed by atoms with Crippen LogP contribution in [0, 0.1) is 0 Å². The molecule has 0 aliphatic carbocycles. The molecule has 8 nitrogen and oxygen atoms in total. The number of ether oxygens (including phenoxy) is 3. The molecular formula is C23H16ClN3O5. The SMILES string of the molecule is O=c1[nH]c2ccccc2c(=O)n1N=Cc1cc(Cl)ccc1OCc1ccc2c(c1)OCO2. The van der Waals surface area contributed by atoms with E-state index >= 15 is 0 Å². The summed E-state index contributed by atoms with van der Waals surface area (Å²) in [5.74, 6) is 1.85. The van der Waals surface area contributed by atoms with Gasteiger partial charge in [-0.1, -0.05) is 29.8 Å². The van der Waals surface area contributed by atoms with Crippen LogP contribution in [0.1, 0.15) is 11.1 Å². The number of hydrogen-bond donors (Lipinski definition) is 1. The van der Waals surface area contributed by atoms with Crippen molar-refractivity contribution < 1.29 is 14.2 Å². The third kappa shape index (κ3) is 3.83. The van der Waals surface area contributed by atoms with Crippen molar-refractivity contribution in [3.63, 3.8) is 0 Å². The van der Waals surface area contributed by atoms with Crippen molar-refractivity contribution in [2.75, 3.05) is 6.79 Å². The van der Waals surface area contributed by atoms with Crippen molar-refractivity contribution in [3.05, 3.63) is 97.7 Å². The fraction of sp³-hybridized carbons (Fsp3) is 0.0870. The molecule has 5 rings (SSSR count). The number of hydrogen-bond acceptors (Lipinski definition) is 6. The van der Waals surface area contributed by atoms with Crippen LogP contribution < -0.4 is 25.5 Å². The lowest BCUT2D eigenvalue weighted by Gasteiger charge is -2.10. The van der Waals surface area contributed by atoms with E-state index in [1.165, 1.54) is 6.21 Å². The Labute approximate surface area is 186 Å². The second-order valence-electron chi connectivity index (χ2n) is 7.00. The van der Waals surface area contributed by atoms with Crippen LogP contribution in [0.25, 0.3) is 10.9 Å². The molecule has 0 atom stereocenters. The minimum atomic E-state index is -0.644. The summed E-state index contributed by atoms with van der Waals surface area (Å²) in [5.41, 5.74) is 0.678. The van der Waals surface area contributed by atoms with E-state index in [2.05, 4.69) is 10.1 Å². The largest absolute Gasteiger partial charge is 0.488 e. The minimum absolute atomic E-state index is 0.199. The van der Waals surface area contributed by atoms with Crippen molar-refractivity contribution >= 4 is 28.7 Å². The highest BCUT2D eigenvalue weighted by molar-refractivity contribution is 6.30. The maximum atomic E-state index is 12.7. The van der Waals surface area contributed by atoms with Gasteiger partial charge in [0.05, 0.1) is 17.1 Å². The summed E-state index contributed by atoms with van der Waals surface area (Å²) in [5, 5.41) is 4.91. The first-order chi connectivity index (χ1) is 15.6. The van der Waals surface area contributed by atoms with Gasteiger partial charge < -0.3 is 19.2 Å². The van der Waals surface area contributed by atoms with Crippen molar-refractivity contribution in [1.82, 2.24) is 9.66 Å². The predicted octanol–water partition coefficient (Wildman–Crippen LogP) is 3.53. The molecule has 0 radical (unpaired) electrons. The normalized spacial score (nSPS) is 12.5. The molecule has 2 heterocycles. The molecule has 0 saturated heterocycles. The van der Waals surface area contributed by atoms with E-state index in [1.807, 2.05) is 18.2 Å². The molecule has 1 aliphatic rings. The molecule has 0 fully saturated rings. The Balaban J connectivity index is 1.44. The number of halogens is 1. The first-order valence-corrected chi connectivity index (χ1v) is 10.1. The Kier molecular flexibility index (Phi) is 5.12. The number of fused-ring (bicyclic) bond motifs is 2. The van der Waals surface area contributed by atoms with Gasteiger partial charge in [0, 0.05) is 10.6 Å². The van der Waals surface area contributed by atoms with Gasteiger partial charge in [0.1, 0.15) is 12.4 Å². The van der Waals surface area contributed by atoms with Crippen LogP contribution in [-0.4, -0.2) is 22.7 Å². The van der Waals surface area contributed by atoms with Gasteiger partial charge in [0.15, 0.2) is 11.5 Å². The van der Waals surface area contributed by atoms with Crippen LogP contribution in [0.15, 0.2) is 75.4 Å². The number of nitrogens with zero attached hydrogens (tertiary/aromatic N) is 2. The number of benzene rings is 3. The summed E-state index contributed by atoms with van der Waals surface area (Å²) in [6, 6.07) is 17.3. The molecule has 0 saturated carbocycles. The van der Waals surface area contributed by atoms with Gasteiger partial charge in [-0.05, 0) is 48.0 Å². The lowest BCUT2D eigenvalue weighted by atomic mass is 10.2. The second-order valence-corrected chi connectivity index (χ2v) is 7.43. The molecule has 4 aromatic rings. The molecule has 9 heteroatoms. The van der Waals surface area contributed by atoms with E-state index < -0.39 is 11.2 Å². The highest BCUT2D eigenvalue weighted by atomic mass is 35.5. The standard InChI is InChI=1S/C23H16ClN3O5/c24-16-6-8-19(30-12-14-5-7-20-21(9-14)32-13-31-20)15(10-16)11-25-27-22(28)17-3-1-2-4-18(17)26-23(27)29/h1-11H,12-13H2,(H,26,29). The van der Waals surface area contributed by atoms with Gasteiger partial charge in [-0.2, -0.15) is 5.10 Å². The Bertz CT molecular complexity index is 1470. The van der Waals surface area contributed by atoms with E-state index in [0.717, 1.165) is 10.2 Å². The topological polar surface area (TPSA) is 94.9 Å². The highest BCUT2D eigenvalue weighted by Crippen LogP contribution is 2.33. The summed E-state index contributed by atoms with van der Waals surface area (Å²) in [4.78, 5) is 27.7. The molecule has 160 valence electrons. The monoisotopic (exact) mass is 449 g/mol. The predicted molar refractivity (Wildman–Crippen MR) is 120 cm³/mol. The number of aromatic nitrogens is 2. The molecular weight excluding hydrogens is 434 g/mol. The average Bonchev–Trinajstić information content (AvgIpc) is 3.26. The first kappa shape index (κ1) is 19.9. The molecule has 1 aliphatic heterocycles. The first-order valence-electron chi connectivity index (χ1n) is 9.68. The Morgan fingerprint density at radius 2 is 1.91 bits per heavy atom. The lowest BCUT2D eigenvalue weighted by molar-refractivity contribution is 0.174. The Morgan fingerprint density at radius 3 is 2.81 bits per heavy atom. The number of rotatable bonds is 5. The lowest BCUT2D eigenvalue weighted by Crippen LogP contribution is -2.32. The second kappa shape index (κ2) is 8.24. The Morgan fingerprint density at radius 1 is 1.06 bits per heavy atom. The van der Waals surface area contributed by atoms with Crippen LogP contribution in [0.3, 0.4) is 0 Å². The zero-order chi connectivity index (χ0) is 22.1. The van der Waals surface area contributed by atoms with E-state index in [-0.39, 0.29) is 13.4 Å². The van der Waals surface area contributed by atoms with Gasteiger partial charge in [-0.3, -0.25) is 4.79 Å². The van der Waals surface area contributed by atoms with Crippen molar-refractivity contribution in [3.8, 4) is 17.2 Å². The maximum absolute atomic E-state index is 12.7. The third-order valence-electron chi connectivity index (χ3n) is 4.90. The van der Waals surface area contributed by atoms with E-state index in [9.17, 15) is 9.59 Å². The van der Waals surface area contributed by atoms with Crippen LogP contribution >= 0.6 is 11.6 Å². The quantitative estimate of drug-likeness (QED) is 0.470. The van der Waals surface area contributed by atoms with Gasteiger partial charge in [0.2, 0.25) is 6.79 Å². The number of para-hydroxylation sites is 1. The van der Waals surface area contributed by atoms with Gasteiger partial charge >= 0.3 is 5.69 Å². The third-order valence-corrected chi connectivity index (χ3v) is 5.13. The zero-order valence-electron chi connectivity index (χ0n) is 16.6. The van der Waals surface area contributed by atoms with E-state index in [1.54, 1.807) is 42.5 Å². The molecule has 0 amide bonds. The molecule has 0 unspecified atom stereocenters. The fourth-order valence-corrected chi connectivity index (χ4v) is 3.50. The van der Waals surface area contributed by atoms with Gasteiger partial charge in [0.25, 0.3) is 5.56 Å². The summed E-state index contributed by atoms with van der Waals surface area (Å²) in [6.07, 6.45) is 1.37. The molecule has 32 heavy (non-hydrogen) atoms. The number of nitrogens with one attached hydrogen (secondary N) is 1. The summed E-state index contributed by atoms with van der Waals surface area (Å²) in [6.45, 7) is 0.459. The van der Waals surface area contributed by atoms with E-state index in [0.29, 0.717) is 38.7 Å². The number of aromatic amines is 1. The molecule has 1 aromatic heterocycles. The van der Waals surface area contributed by atoms with Gasteiger partial charge in [-0.25, -0.2) is 4.79 Å². The minimum Gasteiger partial charge on any atom is -0.488 e. The van der Waals surface area contributed by atoms with Crippen molar-refractivity contribution in [2.45, 2.75) is 6.61 Å². The summed E-state index contributed by atoms with van der Waals surface area (Å²) < 4.78 is 17.4. The van der Waals surface area contributed by atoms with Crippen LogP contribution in [-0.2, 0) is 6.61 Å². The van der Waals surface area contributed by atoms with Gasteiger partial charge in [-0.15, -0.1) is 4.68 Å². The summed E-state index contributed by atoms with van der Waals surface area (Å²) in [7, 11) is 0. The van der Waals surface area contributed by atoms with Crippen LogP contribution in [0.5, 0.6) is 17.2 Å². The molecule has 0 bridgehead atoms. The molecule has 1 N–H and O–H groups in total. The smallest absolute Gasteiger partial charge is 0.349 e. The van der Waals surface area contributed by atoms with Crippen molar-refractivity contribution in [1.29, 1.82) is 0 Å².